The van der Waals surface area contributed by atoms with Crippen LogP contribution in [0.3, 0.4) is 0 Å². The van der Waals surface area contributed by atoms with Gasteiger partial charge in [-0.05, 0) is 24.1 Å². The summed E-state index contributed by atoms with van der Waals surface area (Å²) in [4.78, 5) is 29.8. The van der Waals surface area contributed by atoms with Crippen molar-refractivity contribution >= 4 is 28.9 Å². The van der Waals surface area contributed by atoms with Crippen LogP contribution in [0.25, 0.3) is 5.65 Å². The molecule has 0 unspecified atom stereocenters. The summed E-state index contributed by atoms with van der Waals surface area (Å²) in [6, 6.07) is 13.3. The summed E-state index contributed by atoms with van der Waals surface area (Å²) >= 11 is 6.04. The number of carbonyl (C=O) groups excluding carboxylic acids is 2. The highest BCUT2D eigenvalue weighted by Gasteiger charge is 2.25. The highest BCUT2D eigenvalue weighted by molar-refractivity contribution is 6.30. The molecule has 0 aliphatic carbocycles. The van der Waals surface area contributed by atoms with Gasteiger partial charge >= 0.3 is 0 Å². The molecule has 0 radical (unpaired) electrons. The van der Waals surface area contributed by atoms with Gasteiger partial charge in [-0.1, -0.05) is 48.9 Å². The molecule has 0 aliphatic heterocycles. The fourth-order valence-electron chi connectivity index (χ4n) is 3.46. The van der Waals surface area contributed by atoms with Crippen LogP contribution in [-0.4, -0.2) is 33.7 Å². The number of hydrogen-bond donors (Lipinski definition) is 2. The van der Waals surface area contributed by atoms with Crippen LogP contribution in [0.1, 0.15) is 31.0 Å². The quantitative estimate of drug-likeness (QED) is 0.521. The Labute approximate surface area is 181 Å². The summed E-state index contributed by atoms with van der Waals surface area (Å²) < 4.78 is 1.83. The first kappa shape index (κ1) is 22.0. The van der Waals surface area contributed by atoms with Gasteiger partial charge in [0.1, 0.15) is 11.4 Å². The monoisotopic (exact) mass is 426 g/mol. The number of pyridine rings is 1. The van der Waals surface area contributed by atoms with E-state index in [4.69, 9.17) is 17.3 Å². The van der Waals surface area contributed by atoms with Crippen LogP contribution in [0.4, 0.5) is 0 Å². The Bertz CT molecular complexity index is 1000. The average molecular weight is 427 g/mol. The highest BCUT2D eigenvalue weighted by atomic mass is 35.5. The minimum absolute atomic E-state index is 0.0503. The zero-order chi connectivity index (χ0) is 21.5. The number of nitrogens with two attached hydrogens (primary N) is 1. The Morgan fingerprint density at radius 1 is 1.13 bits per heavy atom. The third-order valence-electron chi connectivity index (χ3n) is 5.12. The smallest absolute Gasteiger partial charge is 0.224 e. The van der Waals surface area contributed by atoms with Crippen LogP contribution >= 0.6 is 11.6 Å². The fourth-order valence-corrected chi connectivity index (χ4v) is 3.62. The van der Waals surface area contributed by atoms with E-state index >= 15 is 0 Å². The first-order valence-electron chi connectivity index (χ1n) is 10.2. The largest absolute Gasteiger partial charge is 0.352 e. The molecule has 3 rings (SSSR count). The molecule has 3 aromatic rings. The molecule has 0 saturated heterocycles. The van der Waals surface area contributed by atoms with E-state index in [0.29, 0.717) is 30.8 Å². The molecule has 3 N–H and O–H groups in total. The van der Waals surface area contributed by atoms with E-state index in [1.165, 1.54) is 0 Å². The number of imidazole rings is 1. The number of halogens is 1. The molecule has 0 fully saturated rings. The standard InChI is InChI=1S/C23H27ClN4O2/c1-2-21(29)12-17(11-20-15-28-14-18(24)8-9-22(28)26-20)23(30)27-19(13-25)10-16-6-4-3-5-7-16/h3-9,14-15,17,19H,2,10-13,25H2,1H3,(H,27,30)/t17-,19+/m1/s1. The predicted molar refractivity (Wildman–Crippen MR) is 118 cm³/mol. The third-order valence-corrected chi connectivity index (χ3v) is 5.34. The highest BCUT2D eigenvalue weighted by Crippen LogP contribution is 2.17. The van der Waals surface area contributed by atoms with Crippen molar-refractivity contribution in [2.75, 3.05) is 6.54 Å². The summed E-state index contributed by atoms with van der Waals surface area (Å²) in [6.45, 7) is 2.13. The molecule has 0 spiro atoms. The van der Waals surface area contributed by atoms with E-state index in [0.717, 1.165) is 16.9 Å². The van der Waals surface area contributed by atoms with Gasteiger partial charge in [0.2, 0.25) is 5.91 Å². The zero-order valence-electron chi connectivity index (χ0n) is 17.1. The fraction of sp³-hybridized carbons (Fsp3) is 0.348. The molecule has 1 amide bonds. The maximum absolute atomic E-state index is 13.1. The van der Waals surface area contributed by atoms with Crippen molar-refractivity contribution < 1.29 is 9.59 Å². The van der Waals surface area contributed by atoms with Crippen molar-refractivity contribution in [2.24, 2.45) is 11.7 Å². The normalized spacial score (nSPS) is 13.2. The Morgan fingerprint density at radius 3 is 2.60 bits per heavy atom. The molecule has 2 atom stereocenters. The number of Topliss-reactive ketones (excluding diaryl/α,β-unsaturated/α-hetero) is 1. The second-order valence-electron chi connectivity index (χ2n) is 7.47. The molecule has 2 heterocycles. The maximum Gasteiger partial charge on any atom is 0.224 e. The Balaban J connectivity index is 1.73. The van der Waals surface area contributed by atoms with Gasteiger partial charge in [0.15, 0.2) is 0 Å². The van der Waals surface area contributed by atoms with Crippen LogP contribution in [0.15, 0.2) is 54.9 Å². The second kappa shape index (κ2) is 10.4. The van der Waals surface area contributed by atoms with Crippen molar-refractivity contribution in [3.8, 4) is 0 Å². The summed E-state index contributed by atoms with van der Waals surface area (Å²) in [6.07, 6.45) is 5.21. The minimum Gasteiger partial charge on any atom is -0.352 e. The lowest BCUT2D eigenvalue weighted by Gasteiger charge is -2.21. The number of nitrogens with zero attached hydrogens (tertiary/aromatic N) is 2. The van der Waals surface area contributed by atoms with Crippen LogP contribution in [-0.2, 0) is 22.4 Å². The second-order valence-corrected chi connectivity index (χ2v) is 7.91. The Kier molecular flexibility index (Phi) is 7.60. The average Bonchev–Trinajstić information content (AvgIpc) is 3.14. The number of ketones is 1. The van der Waals surface area contributed by atoms with Crippen molar-refractivity contribution in [3.63, 3.8) is 0 Å². The van der Waals surface area contributed by atoms with E-state index in [2.05, 4.69) is 10.3 Å². The lowest BCUT2D eigenvalue weighted by molar-refractivity contribution is -0.129. The first-order valence-corrected chi connectivity index (χ1v) is 10.6. The van der Waals surface area contributed by atoms with Gasteiger partial charge in [0.25, 0.3) is 0 Å². The van der Waals surface area contributed by atoms with Gasteiger partial charge in [-0.15, -0.1) is 0 Å². The van der Waals surface area contributed by atoms with Gasteiger partial charge in [0, 0.05) is 44.2 Å². The summed E-state index contributed by atoms with van der Waals surface area (Å²) in [5.74, 6) is -0.616. The van der Waals surface area contributed by atoms with E-state index in [1.807, 2.05) is 53.9 Å². The van der Waals surface area contributed by atoms with Crippen LogP contribution < -0.4 is 11.1 Å². The van der Waals surface area contributed by atoms with Gasteiger partial charge in [0.05, 0.1) is 16.6 Å². The van der Waals surface area contributed by atoms with E-state index in [9.17, 15) is 9.59 Å². The summed E-state index contributed by atoms with van der Waals surface area (Å²) in [5, 5.41) is 3.64. The Hall–Kier alpha value is -2.70. The number of nitrogens with one attached hydrogen (secondary N) is 1. The summed E-state index contributed by atoms with van der Waals surface area (Å²) in [5.41, 5.74) is 8.50. The van der Waals surface area contributed by atoms with Crippen LogP contribution in [0.5, 0.6) is 0 Å². The maximum atomic E-state index is 13.1. The number of carbonyl (C=O) groups is 2. The van der Waals surface area contributed by atoms with Crippen molar-refractivity contribution in [3.05, 3.63) is 71.1 Å². The molecule has 1 aromatic carbocycles. The molecule has 2 aromatic heterocycles. The predicted octanol–water partition coefficient (Wildman–Crippen LogP) is 3.20. The number of benzene rings is 1. The molecular formula is C23H27ClN4O2. The lowest BCUT2D eigenvalue weighted by Crippen LogP contribution is -2.45. The van der Waals surface area contributed by atoms with Crippen LogP contribution in [0, 0.1) is 5.92 Å². The minimum atomic E-state index is -0.498. The van der Waals surface area contributed by atoms with Crippen molar-refractivity contribution in [1.82, 2.24) is 14.7 Å². The number of hydrogen-bond acceptors (Lipinski definition) is 4. The molecular weight excluding hydrogens is 400 g/mol. The van der Waals surface area contributed by atoms with Crippen LogP contribution in [0.2, 0.25) is 5.02 Å². The number of aromatic nitrogens is 2. The topological polar surface area (TPSA) is 89.5 Å². The number of amides is 1. The van der Waals surface area contributed by atoms with E-state index < -0.39 is 5.92 Å². The van der Waals surface area contributed by atoms with E-state index in [1.54, 1.807) is 12.3 Å². The van der Waals surface area contributed by atoms with Crippen molar-refractivity contribution in [1.29, 1.82) is 0 Å². The number of rotatable bonds is 10. The SMILES string of the molecule is CCC(=O)C[C@@H](Cc1cn2cc(Cl)ccc2n1)C(=O)N[C@H](CN)Cc1ccccc1. The van der Waals surface area contributed by atoms with Gasteiger partial charge in [-0.2, -0.15) is 0 Å². The van der Waals surface area contributed by atoms with E-state index in [-0.39, 0.29) is 24.2 Å². The van der Waals surface area contributed by atoms with Gasteiger partial charge in [-0.25, -0.2) is 4.98 Å². The molecule has 0 bridgehead atoms. The first-order chi connectivity index (χ1) is 14.5. The zero-order valence-corrected chi connectivity index (χ0v) is 17.8. The Morgan fingerprint density at radius 2 is 1.90 bits per heavy atom. The molecule has 30 heavy (non-hydrogen) atoms. The molecule has 158 valence electrons. The summed E-state index contributed by atoms with van der Waals surface area (Å²) in [7, 11) is 0. The van der Waals surface area contributed by atoms with Gasteiger partial charge < -0.3 is 15.5 Å². The third kappa shape index (κ3) is 5.90. The molecule has 7 heteroatoms. The van der Waals surface area contributed by atoms with Crippen molar-refractivity contribution in [2.45, 2.75) is 38.6 Å². The lowest BCUT2D eigenvalue weighted by atomic mass is 9.94. The molecule has 0 saturated carbocycles. The number of fused-ring (bicyclic) bond motifs is 1. The molecule has 6 nitrogen and oxygen atoms in total. The molecule has 0 aliphatic rings. The van der Waals surface area contributed by atoms with Gasteiger partial charge in [-0.3, -0.25) is 9.59 Å².